The van der Waals surface area contributed by atoms with Gasteiger partial charge in [0.25, 0.3) is 0 Å². The summed E-state index contributed by atoms with van der Waals surface area (Å²) in [5.41, 5.74) is 2.10. The van der Waals surface area contributed by atoms with Gasteiger partial charge in [-0.25, -0.2) is 4.98 Å². The van der Waals surface area contributed by atoms with Crippen molar-refractivity contribution in [1.82, 2.24) is 9.38 Å². The van der Waals surface area contributed by atoms with Crippen molar-refractivity contribution in [1.29, 1.82) is 0 Å². The van der Waals surface area contributed by atoms with Crippen LogP contribution in [0.3, 0.4) is 0 Å². The minimum atomic E-state index is 0.0650. The van der Waals surface area contributed by atoms with Gasteiger partial charge in [-0.1, -0.05) is 38.4 Å². The van der Waals surface area contributed by atoms with E-state index in [1.54, 1.807) is 6.20 Å². The van der Waals surface area contributed by atoms with Crippen molar-refractivity contribution in [2.45, 2.75) is 26.2 Å². The van der Waals surface area contributed by atoms with Gasteiger partial charge in [0, 0.05) is 12.4 Å². The first kappa shape index (κ1) is 9.53. The molecule has 74 valence electrons. The Morgan fingerprint density at radius 1 is 1.29 bits per heavy atom. The molecule has 2 aromatic rings. The van der Waals surface area contributed by atoms with Crippen molar-refractivity contribution in [3.8, 4) is 0 Å². The molecule has 2 aromatic heterocycles. The molecule has 0 spiro atoms. The minimum absolute atomic E-state index is 0.0650. The van der Waals surface area contributed by atoms with Crippen LogP contribution in [0.4, 0.5) is 0 Å². The van der Waals surface area contributed by atoms with Crippen LogP contribution in [-0.4, -0.2) is 9.38 Å². The van der Waals surface area contributed by atoms with Crippen molar-refractivity contribution in [2.24, 2.45) is 0 Å². The summed E-state index contributed by atoms with van der Waals surface area (Å²) in [6.45, 7) is 6.45. The molecule has 0 aliphatic heterocycles. The first-order valence-electron chi connectivity index (χ1n) is 4.62. The average Bonchev–Trinajstić information content (AvgIpc) is 2.50. The Kier molecular flexibility index (Phi) is 2.04. The second kappa shape index (κ2) is 2.99. The lowest BCUT2D eigenvalue weighted by Crippen LogP contribution is -2.13. The van der Waals surface area contributed by atoms with E-state index in [1.165, 1.54) is 0 Å². The molecular weight excluding hydrogens is 196 g/mol. The molecule has 2 nitrogen and oxygen atoms in total. The molecule has 2 rings (SSSR count). The average molecular weight is 209 g/mol. The normalized spacial score (nSPS) is 12.3. The van der Waals surface area contributed by atoms with E-state index in [2.05, 4.69) is 25.8 Å². The molecule has 0 fully saturated rings. The van der Waals surface area contributed by atoms with Gasteiger partial charge in [-0.3, -0.25) is 4.40 Å². The Hall–Kier alpha value is -1.02. The fourth-order valence-corrected chi connectivity index (χ4v) is 2.01. The number of halogens is 1. The summed E-state index contributed by atoms with van der Waals surface area (Å²) in [5.74, 6) is 0. The van der Waals surface area contributed by atoms with Gasteiger partial charge in [0.1, 0.15) is 10.8 Å². The molecular formula is C11H13ClN2. The first-order valence-corrected chi connectivity index (χ1v) is 5.00. The lowest BCUT2D eigenvalue weighted by molar-refractivity contribution is 0.587. The molecule has 0 aliphatic carbocycles. The van der Waals surface area contributed by atoms with Crippen molar-refractivity contribution in [2.75, 3.05) is 0 Å². The molecule has 2 heterocycles. The van der Waals surface area contributed by atoms with Crippen LogP contribution in [0.1, 0.15) is 26.3 Å². The van der Waals surface area contributed by atoms with Crippen LogP contribution in [0.15, 0.2) is 24.5 Å². The molecule has 0 saturated heterocycles. The topological polar surface area (TPSA) is 17.3 Å². The van der Waals surface area contributed by atoms with Gasteiger partial charge in [0.05, 0.1) is 0 Å². The fourth-order valence-electron chi connectivity index (χ4n) is 1.52. The summed E-state index contributed by atoms with van der Waals surface area (Å²) >= 11 is 6.29. The summed E-state index contributed by atoms with van der Waals surface area (Å²) in [7, 11) is 0. The Morgan fingerprint density at radius 2 is 2.00 bits per heavy atom. The number of aromatic nitrogens is 2. The molecule has 0 N–H and O–H groups in total. The number of rotatable bonds is 0. The Morgan fingerprint density at radius 3 is 2.64 bits per heavy atom. The third-order valence-corrected chi connectivity index (χ3v) is 2.70. The Balaban J connectivity index is 2.74. The molecule has 0 atom stereocenters. The van der Waals surface area contributed by atoms with Crippen molar-refractivity contribution in [3.63, 3.8) is 0 Å². The number of nitrogens with zero attached hydrogens (tertiary/aromatic N) is 2. The molecule has 0 amide bonds. The quantitative estimate of drug-likeness (QED) is 0.608. The molecule has 0 aliphatic rings. The Labute approximate surface area is 88.5 Å². The van der Waals surface area contributed by atoms with Crippen LogP contribution in [0.25, 0.3) is 5.65 Å². The van der Waals surface area contributed by atoms with Gasteiger partial charge in [-0.2, -0.15) is 0 Å². The maximum absolute atomic E-state index is 6.29. The molecule has 0 aromatic carbocycles. The predicted octanol–water partition coefficient (Wildman–Crippen LogP) is 3.29. The zero-order valence-corrected chi connectivity index (χ0v) is 9.34. The van der Waals surface area contributed by atoms with E-state index in [4.69, 9.17) is 11.6 Å². The fraction of sp³-hybridized carbons (Fsp3) is 0.364. The monoisotopic (exact) mass is 208 g/mol. The molecule has 0 radical (unpaired) electrons. The van der Waals surface area contributed by atoms with Crippen LogP contribution in [0.2, 0.25) is 5.15 Å². The van der Waals surface area contributed by atoms with E-state index >= 15 is 0 Å². The third kappa shape index (κ3) is 1.40. The molecule has 3 heteroatoms. The number of hydrogen-bond acceptors (Lipinski definition) is 1. The zero-order valence-electron chi connectivity index (χ0n) is 8.58. The highest BCUT2D eigenvalue weighted by atomic mass is 35.5. The highest BCUT2D eigenvalue weighted by molar-refractivity contribution is 6.30. The van der Waals surface area contributed by atoms with Crippen LogP contribution in [0, 0.1) is 0 Å². The van der Waals surface area contributed by atoms with Gasteiger partial charge in [-0.05, 0) is 17.0 Å². The van der Waals surface area contributed by atoms with Crippen molar-refractivity contribution in [3.05, 3.63) is 35.2 Å². The number of pyridine rings is 1. The van der Waals surface area contributed by atoms with Crippen LogP contribution >= 0.6 is 11.6 Å². The van der Waals surface area contributed by atoms with Gasteiger partial charge in [0.2, 0.25) is 0 Å². The first-order chi connectivity index (χ1) is 6.50. The lowest BCUT2D eigenvalue weighted by atomic mass is 9.88. The standard InChI is InChI=1S/C11H13ClN2/c1-11(2,3)8-4-5-9-13-6-7-14(9)10(8)12/h4-7H,1-3H3. The smallest absolute Gasteiger partial charge is 0.137 e. The zero-order chi connectivity index (χ0) is 10.3. The predicted molar refractivity (Wildman–Crippen MR) is 58.9 cm³/mol. The van der Waals surface area contributed by atoms with Gasteiger partial charge < -0.3 is 0 Å². The molecule has 0 bridgehead atoms. The Bertz CT molecular complexity index is 466. The summed E-state index contributed by atoms with van der Waals surface area (Å²) in [6, 6.07) is 4.04. The largest absolute Gasteiger partial charge is 0.290 e. The molecule has 0 saturated carbocycles. The van der Waals surface area contributed by atoms with E-state index < -0.39 is 0 Å². The highest BCUT2D eigenvalue weighted by Gasteiger charge is 2.18. The lowest BCUT2D eigenvalue weighted by Gasteiger charge is -2.20. The van der Waals surface area contributed by atoms with E-state index in [1.807, 2.05) is 22.7 Å². The second-order valence-corrected chi connectivity index (χ2v) is 4.80. The second-order valence-electron chi connectivity index (χ2n) is 4.44. The molecule has 14 heavy (non-hydrogen) atoms. The van der Waals surface area contributed by atoms with Gasteiger partial charge >= 0.3 is 0 Å². The summed E-state index contributed by atoms with van der Waals surface area (Å²) in [4.78, 5) is 4.18. The summed E-state index contributed by atoms with van der Waals surface area (Å²) in [6.07, 6.45) is 3.64. The highest BCUT2D eigenvalue weighted by Crippen LogP contribution is 2.29. The van der Waals surface area contributed by atoms with Crippen LogP contribution < -0.4 is 0 Å². The third-order valence-electron chi connectivity index (χ3n) is 2.31. The van der Waals surface area contributed by atoms with Crippen molar-refractivity contribution >= 4 is 17.2 Å². The van der Waals surface area contributed by atoms with Gasteiger partial charge in [0.15, 0.2) is 0 Å². The maximum atomic E-state index is 6.29. The molecule has 0 unspecified atom stereocenters. The van der Waals surface area contributed by atoms with E-state index in [0.717, 1.165) is 16.4 Å². The minimum Gasteiger partial charge on any atom is -0.290 e. The van der Waals surface area contributed by atoms with E-state index in [-0.39, 0.29) is 5.41 Å². The summed E-state index contributed by atoms with van der Waals surface area (Å²) < 4.78 is 1.90. The van der Waals surface area contributed by atoms with Crippen LogP contribution in [0.5, 0.6) is 0 Å². The summed E-state index contributed by atoms with van der Waals surface area (Å²) in [5, 5.41) is 0.757. The van der Waals surface area contributed by atoms with E-state index in [0.29, 0.717) is 0 Å². The van der Waals surface area contributed by atoms with E-state index in [9.17, 15) is 0 Å². The SMILES string of the molecule is CC(C)(C)c1ccc2nccn2c1Cl. The maximum Gasteiger partial charge on any atom is 0.137 e. The van der Waals surface area contributed by atoms with Gasteiger partial charge in [-0.15, -0.1) is 0 Å². The number of hydrogen-bond donors (Lipinski definition) is 0. The van der Waals surface area contributed by atoms with Crippen molar-refractivity contribution < 1.29 is 0 Å². The number of fused-ring (bicyclic) bond motifs is 1. The number of imidazole rings is 1. The van der Waals surface area contributed by atoms with Crippen LogP contribution in [-0.2, 0) is 5.41 Å².